The average Bonchev–Trinajstić information content (AvgIpc) is 2.85. The molecule has 1 atom stereocenters. The van der Waals surface area contributed by atoms with Gasteiger partial charge in [0.25, 0.3) is 0 Å². The zero-order valence-electron chi connectivity index (χ0n) is 11.4. The number of fused-ring (bicyclic) bond motifs is 1. The quantitative estimate of drug-likeness (QED) is 0.783. The van der Waals surface area contributed by atoms with Crippen LogP contribution in [-0.2, 0) is 11.2 Å². The molecule has 1 unspecified atom stereocenters. The lowest BCUT2D eigenvalue weighted by Gasteiger charge is -2.16. The number of hydrogen-bond acceptors (Lipinski definition) is 1. The third-order valence-electron chi connectivity index (χ3n) is 4.00. The van der Waals surface area contributed by atoms with Crippen LogP contribution in [0.2, 0.25) is 0 Å². The summed E-state index contributed by atoms with van der Waals surface area (Å²) in [5.74, 6) is 0.786. The first kappa shape index (κ1) is 13.6. The number of amides is 1. The molecule has 0 aliphatic carbocycles. The number of hydrogen-bond donors (Lipinski definition) is 0. The van der Waals surface area contributed by atoms with Crippen molar-refractivity contribution in [2.75, 3.05) is 18.4 Å². The molecular weight excluding hydrogens is 314 g/mol. The zero-order valence-corrected chi connectivity index (χ0v) is 13.0. The van der Waals surface area contributed by atoms with Gasteiger partial charge in [0.05, 0.1) is 0 Å². The number of carbonyl (C=O) groups is 1. The van der Waals surface area contributed by atoms with E-state index in [-0.39, 0.29) is 0 Å². The maximum atomic E-state index is 11.9. The molecule has 20 heavy (non-hydrogen) atoms. The van der Waals surface area contributed by atoms with E-state index in [0.717, 1.165) is 24.8 Å². The molecule has 1 amide bonds. The van der Waals surface area contributed by atoms with E-state index in [0.29, 0.717) is 18.2 Å². The summed E-state index contributed by atoms with van der Waals surface area (Å²) in [6, 6.07) is 15.0. The molecule has 1 aliphatic heterocycles. The molecule has 2 aromatic carbocycles. The van der Waals surface area contributed by atoms with E-state index < -0.39 is 0 Å². The fraction of sp³-hybridized carbons (Fsp3) is 0.353. The van der Waals surface area contributed by atoms with Crippen molar-refractivity contribution in [3.8, 4) is 0 Å². The molecular formula is C17H18BrNO. The molecule has 0 aromatic heterocycles. The molecule has 0 radical (unpaired) electrons. The predicted octanol–water partition coefficient (Wildman–Crippen LogP) is 3.63. The highest BCUT2D eigenvalue weighted by Crippen LogP contribution is 2.21. The largest absolute Gasteiger partial charge is 0.342 e. The van der Waals surface area contributed by atoms with E-state index in [1.165, 1.54) is 16.3 Å². The van der Waals surface area contributed by atoms with Crippen molar-refractivity contribution >= 4 is 32.6 Å². The van der Waals surface area contributed by atoms with E-state index >= 15 is 0 Å². The molecule has 0 N–H and O–H groups in total. The first-order valence-electron chi connectivity index (χ1n) is 7.07. The van der Waals surface area contributed by atoms with Crippen LogP contribution in [0, 0.1) is 5.92 Å². The number of likely N-dealkylation sites (tertiary alicyclic amines) is 1. The van der Waals surface area contributed by atoms with E-state index in [1.54, 1.807) is 0 Å². The van der Waals surface area contributed by atoms with Crippen LogP contribution < -0.4 is 0 Å². The topological polar surface area (TPSA) is 20.3 Å². The summed E-state index contributed by atoms with van der Waals surface area (Å²) >= 11 is 3.48. The van der Waals surface area contributed by atoms with Gasteiger partial charge < -0.3 is 4.90 Å². The highest BCUT2D eigenvalue weighted by Gasteiger charge is 2.28. The summed E-state index contributed by atoms with van der Waals surface area (Å²) in [6.07, 6.45) is 1.63. The minimum atomic E-state index is 0.301. The van der Waals surface area contributed by atoms with E-state index in [1.807, 2.05) is 4.90 Å². The standard InChI is InChI=1S/C17H18BrNO/c18-11-14-10-17(20)19(12-14)8-7-13-5-6-15-3-1-2-4-16(15)9-13/h1-6,9,14H,7-8,10-12H2. The normalized spacial score (nSPS) is 18.9. The number of halogens is 1. The molecule has 0 bridgehead atoms. The van der Waals surface area contributed by atoms with Gasteiger partial charge in [-0.3, -0.25) is 4.79 Å². The molecule has 2 nitrogen and oxygen atoms in total. The molecule has 104 valence electrons. The summed E-state index contributed by atoms with van der Waals surface area (Å²) in [4.78, 5) is 13.9. The summed E-state index contributed by atoms with van der Waals surface area (Å²) < 4.78 is 0. The Kier molecular flexibility index (Phi) is 4.06. The van der Waals surface area contributed by atoms with Crippen molar-refractivity contribution in [3.05, 3.63) is 48.0 Å². The monoisotopic (exact) mass is 331 g/mol. The van der Waals surface area contributed by atoms with Gasteiger partial charge in [-0.2, -0.15) is 0 Å². The number of nitrogens with zero attached hydrogens (tertiary/aromatic N) is 1. The second-order valence-corrected chi connectivity index (χ2v) is 6.14. The van der Waals surface area contributed by atoms with Gasteiger partial charge in [0.2, 0.25) is 5.91 Å². The second kappa shape index (κ2) is 5.96. The van der Waals surface area contributed by atoms with Crippen molar-refractivity contribution in [1.82, 2.24) is 4.90 Å². The lowest BCUT2D eigenvalue weighted by Crippen LogP contribution is -2.27. The van der Waals surface area contributed by atoms with Gasteiger partial charge in [-0.05, 0) is 28.7 Å². The minimum absolute atomic E-state index is 0.301. The van der Waals surface area contributed by atoms with Crippen LogP contribution in [0.3, 0.4) is 0 Å². The van der Waals surface area contributed by atoms with E-state index in [4.69, 9.17) is 0 Å². The summed E-state index contributed by atoms with van der Waals surface area (Å²) in [5.41, 5.74) is 1.30. The Morgan fingerprint density at radius 3 is 2.70 bits per heavy atom. The Labute approximate surface area is 127 Å². The Morgan fingerprint density at radius 2 is 1.95 bits per heavy atom. The molecule has 1 fully saturated rings. The Morgan fingerprint density at radius 1 is 1.15 bits per heavy atom. The highest BCUT2D eigenvalue weighted by molar-refractivity contribution is 9.09. The highest BCUT2D eigenvalue weighted by atomic mass is 79.9. The molecule has 3 rings (SSSR count). The van der Waals surface area contributed by atoms with Gasteiger partial charge in [0, 0.05) is 24.8 Å². The SMILES string of the molecule is O=C1CC(CBr)CN1CCc1ccc2ccccc2c1. The van der Waals surface area contributed by atoms with Gasteiger partial charge >= 0.3 is 0 Å². The van der Waals surface area contributed by atoms with E-state index in [2.05, 4.69) is 58.4 Å². The Hall–Kier alpha value is -1.35. The number of alkyl halides is 1. The van der Waals surface area contributed by atoms with Gasteiger partial charge in [-0.15, -0.1) is 0 Å². The van der Waals surface area contributed by atoms with Crippen LogP contribution in [-0.4, -0.2) is 29.2 Å². The van der Waals surface area contributed by atoms with Crippen molar-refractivity contribution in [2.45, 2.75) is 12.8 Å². The Balaban J connectivity index is 1.66. The van der Waals surface area contributed by atoms with Crippen LogP contribution in [0.4, 0.5) is 0 Å². The van der Waals surface area contributed by atoms with Crippen molar-refractivity contribution in [3.63, 3.8) is 0 Å². The average molecular weight is 332 g/mol. The van der Waals surface area contributed by atoms with Gasteiger partial charge in [-0.25, -0.2) is 0 Å². The third kappa shape index (κ3) is 2.88. The maximum Gasteiger partial charge on any atom is 0.222 e. The fourth-order valence-corrected chi connectivity index (χ4v) is 3.27. The van der Waals surface area contributed by atoms with E-state index in [9.17, 15) is 4.79 Å². The lowest BCUT2D eigenvalue weighted by atomic mass is 10.1. The maximum absolute atomic E-state index is 11.9. The smallest absolute Gasteiger partial charge is 0.222 e. The van der Waals surface area contributed by atoms with Gasteiger partial charge in [0.15, 0.2) is 0 Å². The first-order chi connectivity index (χ1) is 9.76. The fourth-order valence-electron chi connectivity index (χ4n) is 2.83. The Bertz CT molecular complexity index is 625. The second-order valence-electron chi connectivity index (χ2n) is 5.50. The number of rotatable bonds is 4. The van der Waals surface area contributed by atoms with Crippen molar-refractivity contribution in [2.24, 2.45) is 5.92 Å². The van der Waals surface area contributed by atoms with Gasteiger partial charge in [0.1, 0.15) is 0 Å². The van der Waals surface area contributed by atoms with Crippen molar-refractivity contribution < 1.29 is 4.79 Å². The summed E-state index contributed by atoms with van der Waals surface area (Å²) in [5, 5.41) is 3.47. The predicted molar refractivity (Wildman–Crippen MR) is 86.1 cm³/mol. The molecule has 1 saturated heterocycles. The van der Waals surface area contributed by atoms with Crippen LogP contribution in [0.25, 0.3) is 10.8 Å². The first-order valence-corrected chi connectivity index (χ1v) is 8.20. The molecule has 1 aliphatic rings. The van der Waals surface area contributed by atoms with Crippen LogP contribution >= 0.6 is 15.9 Å². The molecule has 0 spiro atoms. The number of carbonyl (C=O) groups excluding carboxylic acids is 1. The number of benzene rings is 2. The lowest BCUT2D eigenvalue weighted by molar-refractivity contribution is -0.127. The minimum Gasteiger partial charge on any atom is -0.342 e. The molecule has 3 heteroatoms. The molecule has 1 heterocycles. The summed E-state index contributed by atoms with van der Waals surface area (Å²) in [6.45, 7) is 1.73. The summed E-state index contributed by atoms with van der Waals surface area (Å²) in [7, 11) is 0. The van der Waals surface area contributed by atoms with Crippen molar-refractivity contribution in [1.29, 1.82) is 0 Å². The van der Waals surface area contributed by atoms with Gasteiger partial charge in [-0.1, -0.05) is 58.4 Å². The molecule has 2 aromatic rings. The zero-order chi connectivity index (χ0) is 13.9. The molecule has 0 saturated carbocycles. The third-order valence-corrected chi connectivity index (χ3v) is 4.91. The van der Waals surface area contributed by atoms with Crippen LogP contribution in [0.5, 0.6) is 0 Å². The van der Waals surface area contributed by atoms with Crippen LogP contribution in [0.15, 0.2) is 42.5 Å². The van der Waals surface area contributed by atoms with Crippen LogP contribution in [0.1, 0.15) is 12.0 Å².